The highest BCUT2D eigenvalue weighted by Crippen LogP contribution is 2.34. The largest absolute Gasteiger partial charge is 0.462 e. The van der Waals surface area contributed by atoms with Crippen LogP contribution >= 0.6 is 0 Å². The van der Waals surface area contributed by atoms with Crippen LogP contribution in [0.1, 0.15) is 28.7 Å². The first-order chi connectivity index (χ1) is 13.9. The van der Waals surface area contributed by atoms with E-state index in [1.807, 2.05) is 0 Å². The Morgan fingerprint density at radius 3 is 2.62 bits per heavy atom. The van der Waals surface area contributed by atoms with Gasteiger partial charge in [-0.05, 0) is 39.0 Å². The molecule has 1 aliphatic heterocycles. The van der Waals surface area contributed by atoms with Gasteiger partial charge in [0.05, 0.1) is 12.2 Å². The first kappa shape index (κ1) is 20.2. The van der Waals surface area contributed by atoms with E-state index in [2.05, 4.69) is 5.32 Å². The number of amides is 1. The van der Waals surface area contributed by atoms with Crippen molar-refractivity contribution in [2.24, 2.45) is 0 Å². The Kier molecular flexibility index (Phi) is 6.06. The number of esters is 2. The number of aryl methyl sites for hydroxylation is 1. The zero-order valence-corrected chi connectivity index (χ0v) is 16.4. The van der Waals surface area contributed by atoms with Gasteiger partial charge < -0.3 is 28.8 Å². The topological polar surface area (TPSA) is 105 Å². The monoisotopic (exact) mass is 402 g/mol. The summed E-state index contributed by atoms with van der Waals surface area (Å²) in [5, 5.41) is 2.63. The molecule has 9 nitrogen and oxygen atoms in total. The highest BCUT2D eigenvalue weighted by atomic mass is 16.7. The second kappa shape index (κ2) is 8.68. The second-order valence-electron chi connectivity index (χ2n) is 6.37. The maximum atomic E-state index is 12.2. The number of anilines is 1. The number of carbonyl (C=O) groups excluding carboxylic acids is 3. The van der Waals surface area contributed by atoms with Crippen LogP contribution in [0.15, 0.2) is 24.3 Å². The molecule has 1 aromatic carbocycles. The van der Waals surface area contributed by atoms with Gasteiger partial charge in [0.2, 0.25) is 6.79 Å². The molecular formula is C20H22N2O7. The second-order valence-corrected chi connectivity index (χ2v) is 6.37. The van der Waals surface area contributed by atoms with E-state index in [0.717, 1.165) is 0 Å². The number of carbonyl (C=O) groups is 3. The maximum Gasteiger partial charge on any atom is 0.339 e. The van der Waals surface area contributed by atoms with Crippen LogP contribution in [0.4, 0.5) is 5.69 Å². The third-order valence-corrected chi connectivity index (χ3v) is 4.38. The maximum absolute atomic E-state index is 12.2. The number of aromatic nitrogens is 1. The number of nitrogens with one attached hydrogen (secondary N) is 1. The highest BCUT2D eigenvalue weighted by molar-refractivity contribution is 5.93. The smallest absolute Gasteiger partial charge is 0.339 e. The summed E-state index contributed by atoms with van der Waals surface area (Å²) in [6, 6.07) is 6.64. The molecule has 0 aliphatic carbocycles. The van der Waals surface area contributed by atoms with E-state index in [0.29, 0.717) is 34.1 Å². The lowest BCUT2D eigenvalue weighted by Gasteiger charge is -2.10. The van der Waals surface area contributed by atoms with Gasteiger partial charge in [-0.1, -0.05) is 0 Å². The van der Waals surface area contributed by atoms with E-state index < -0.39 is 24.5 Å². The molecule has 0 spiro atoms. The van der Waals surface area contributed by atoms with Crippen molar-refractivity contribution >= 4 is 23.5 Å². The summed E-state index contributed by atoms with van der Waals surface area (Å²) in [5.74, 6) is -0.374. The molecule has 154 valence electrons. The van der Waals surface area contributed by atoms with Crippen molar-refractivity contribution in [3.05, 3.63) is 41.2 Å². The van der Waals surface area contributed by atoms with Crippen LogP contribution in [0.25, 0.3) is 0 Å². The van der Waals surface area contributed by atoms with Crippen LogP contribution in [-0.2, 0) is 25.6 Å². The van der Waals surface area contributed by atoms with Crippen molar-refractivity contribution in [2.75, 3.05) is 25.3 Å². The van der Waals surface area contributed by atoms with Crippen molar-refractivity contribution < 1.29 is 33.3 Å². The minimum absolute atomic E-state index is 0.117. The fourth-order valence-corrected chi connectivity index (χ4v) is 2.95. The normalized spacial score (nSPS) is 11.8. The van der Waals surface area contributed by atoms with Crippen LogP contribution < -0.4 is 14.8 Å². The fourth-order valence-electron chi connectivity index (χ4n) is 2.95. The average Bonchev–Trinajstić information content (AvgIpc) is 3.26. The molecule has 0 saturated carbocycles. The zero-order valence-electron chi connectivity index (χ0n) is 16.4. The van der Waals surface area contributed by atoms with Crippen molar-refractivity contribution in [2.45, 2.75) is 27.3 Å². The molecule has 9 heteroatoms. The van der Waals surface area contributed by atoms with E-state index in [9.17, 15) is 14.4 Å². The molecule has 29 heavy (non-hydrogen) atoms. The Morgan fingerprint density at radius 1 is 1.10 bits per heavy atom. The quantitative estimate of drug-likeness (QED) is 0.708. The summed E-state index contributed by atoms with van der Waals surface area (Å²) in [6.07, 6.45) is 0. The van der Waals surface area contributed by atoms with Gasteiger partial charge >= 0.3 is 11.9 Å². The standard InChI is InChI=1S/C20H22N2O7/c1-4-26-20(25)15-7-12(2)22(13(15)3)9-19(24)27-10-18(23)21-14-5-6-16-17(8-14)29-11-28-16/h5-8H,4,9-11H2,1-3H3,(H,21,23). The molecule has 0 unspecified atom stereocenters. The number of benzene rings is 1. The van der Waals surface area contributed by atoms with E-state index in [1.165, 1.54) is 0 Å². The van der Waals surface area contributed by atoms with Gasteiger partial charge in [-0.15, -0.1) is 0 Å². The SMILES string of the molecule is CCOC(=O)c1cc(C)n(CC(=O)OCC(=O)Nc2ccc3c(c2)OCO3)c1C. The Labute approximate surface area is 167 Å². The Morgan fingerprint density at radius 2 is 1.86 bits per heavy atom. The van der Waals surface area contributed by atoms with Crippen LogP contribution in [0.3, 0.4) is 0 Å². The van der Waals surface area contributed by atoms with Gasteiger partial charge in [-0.25, -0.2) is 4.79 Å². The average molecular weight is 402 g/mol. The zero-order chi connectivity index (χ0) is 21.0. The van der Waals surface area contributed by atoms with E-state index >= 15 is 0 Å². The number of hydrogen-bond acceptors (Lipinski definition) is 7. The number of hydrogen-bond donors (Lipinski definition) is 1. The predicted molar refractivity (Wildman–Crippen MR) is 102 cm³/mol. The van der Waals surface area contributed by atoms with Crippen LogP contribution in [0.2, 0.25) is 0 Å². The number of ether oxygens (including phenoxy) is 4. The van der Waals surface area contributed by atoms with Gasteiger partial charge in [0, 0.05) is 23.1 Å². The molecule has 0 bridgehead atoms. The molecule has 1 aromatic heterocycles. The van der Waals surface area contributed by atoms with Crippen LogP contribution in [0, 0.1) is 13.8 Å². The lowest BCUT2D eigenvalue weighted by Crippen LogP contribution is -2.23. The molecule has 0 atom stereocenters. The van der Waals surface area contributed by atoms with Crippen LogP contribution in [0.5, 0.6) is 11.5 Å². The molecule has 2 aromatic rings. The summed E-state index contributed by atoms with van der Waals surface area (Å²) < 4.78 is 22.2. The predicted octanol–water partition coefficient (Wildman–Crippen LogP) is 2.19. The summed E-state index contributed by atoms with van der Waals surface area (Å²) in [4.78, 5) is 36.2. The van der Waals surface area contributed by atoms with Crippen molar-refractivity contribution in [3.63, 3.8) is 0 Å². The van der Waals surface area contributed by atoms with E-state index in [-0.39, 0.29) is 19.9 Å². The van der Waals surface area contributed by atoms with Crippen molar-refractivity contribution in [3.8, 4) is 11.5 Å². The van der Waals surface area contributed by atoms with Crippen molar-refractivity contribution in [1.82, 2.24) is 4.57 Å². The molecule has 0 radical (unpaired) electrons. The molecule has 1 N–H and O–H groups in total. The van der Waals surface area contributed by atoms with Gasteiger partial charge in [0.25, 0.3) is 5.91 Å². The summed E-state index contributed by atoms with van der Waals surface area (Å²) in [6.45, 7) is 5.08. The van der Waals surface area contributed by atoms with Gasteiger partial charge in [0.15, 0.2) is 18.1 Å². The van der Waals surface area contributed by atoms with Gasteiger partial charge in [-0.2, -0.15) is 0 Å². The summed E-state index contributed by atoms with van der Waals surface area (Å²) >= 11 is 0. The fraction of sp³-hybridized carbons (Fsp3) is 0.350. The van der Waals surface area contributed by atoms with E-state index in [4.69, 9.17) is 18.9 Å². The Balaban J connectivity index is 1.53. The molecular weight excluding hydrogens is 380 g/mol. The lowest BCUT2D eigenvalue weighted by atomic mass is 10.2. The van der Waals surface area contributed by atoms with Gasteiger partial charge in [-0.3, -0.25) is 9.59 Å². The minimum Gasteiger partial charge on any atom is -0.462 e. The molecule has 0 fully saturated rings. The first-order valence-corrected chi connectivity index (χ1v) is 9.08. The minimum atomic E-state index is -0.594. The summed E-state index contributed by atoms with van der Waals surface area (Å²) in [5.41, 5.74) is 2.22. The third-order valence-electron chi connectivity index (χ3n) is 4.38. The van der Waals surface area contributed by atoms with Crippen LogP contribution in [-0.4, -0.2) is 42.4 Å². The highest BCUT2D eigenvalue weighted by Gasteiger charge is 2.19. The van der Waals surface area contributed by atoms with E-state index in [1.54, 1.807) is 49.6 Å². The number of rotatable bonds is 7. The number of nitrogens with zero attached hydrogens (tertiary/aromatic N) is 1. The lowest BCUT2D eigenvalue weighted by molar-refractivity contribution is -0.147. The molecule has 1 aliphatic rings. The molecule has 2 heterocycles. The first-order valence-electron chi connectivity index (χ1n) is 9.08. The Bertz CT molecular complexity index is 949. The molecule has 1 amide bonds. The Hall–Kier alpha value is -3.49. The third kappa shape index (κ3) is 4.68. The number of fused-ring (bicyclic) bond motifs is 1. The summed E-state index contributed by atoms with van der Waals surface area (Å²) in [7, 11) is 0. The van der Waals surface area contributed by atoms with Crippen molar-refractivity contribution in [1.29, 1.82) is 0 Å². The van der Waals surface area contributed by atoms with Gasteiger partial charge in [0.1, 0.15) is 6.54 Å². The molecule has 3 rings (SSSR count). The molecule has 0 saturated heterocycles.